The van der Waals surface area contributed by atoms with E-state index < -0.39 is 0 Å². The Morgan fingerprint density at radius 1 is 1.18 bits per heavy atom. The fourth-order valence-electron chi connectivity index (χ4n) is 3.45. The third-order valence-corrected chi connectivity index (χ3v) is 5.03. The van der Waals surface area contributed by atoms with Crippen LogP contribution in [0.3, 0.4) is 0 Å². The zero-order valence-corrected chi connectivity index (χ0v) is 16.5. The van der Waals surface area contributed by atoms with Crippen molar-refractivity contribution < 1.29 is 9.32 Å². The highest BCUT2D eigenvalue weighted by molar-refractivity contribution is 5.95. The van der Waals surface area contributed by atoms with Gasteiger partial charge >= 0.3 is 0 Å². The first-order chi connectivity index (χ1) is 13.3. The number of carbonyl (C=O) groups excluding carboxylic acids is 1. The van der Waals surface area contributed by atoms with Crippen LogP contribution in [0.1, 0.15) is 34.5 Å². The molecule has 0 bridgehead atoms. The van der Waals surface area contributed by atoms with Crippen LogP contribution >= 0.6 is 12.4 Å². The van der Waals surface area contributed by atoms with E-state index in [2.05, 4.69) is 46.6 Å². The van der Waals surface area contributed by atoms with E-state index in [4.69, 9.17) is 4.52 Å². The number of halogens is 1. The van der Waals surface area contributed by atoms with Crippen LogP contribution in [-0.4, -0.2) is 40.6 Å². The molecule has 0 saturated carbocycles. The molecule has 28 heavy (non-hydrogen) atoms. The minimum Gasteiger partial charge on any atom is -0.342 e. The second kappa shape index (κ2) is 8.99. The number of nitrogens with one attached hydrogen (secondary N) is 1. The first-order valence-electron chi connectivity index (χ1n) is 9.23. The number of rotatable bonds is 4. The van der Waals surface area contributed by atoms with E-state index >= 15 is 0 Å². The van der Waals surface area contributed by atoms with Gasteiger partial charge in [-0.25, -0.2) is 0 Å². The Kier molecular flexibility index (Phi) is 6.44. The molecule has 7 heteroatoms. The van der Waals surface area contributed by atoms with Crippen molar-refractivity contribution in [1.82, 2.24) is 20.4 Å². The third kappa shape index (κ3) is 4.08. The molecule has 146 valence electrons. The summed E-state index contributed by atoms with van der Waals surface area (Å²) >= 11 is 0. The Balaban J connectivity index is 0.00000225. The van der Waals surface area contributed by atoms with E-state index in [1.165, 1.54) is 12.0 Å². The van der Waals surface area contributed by atoms with Crippen molar-refractivity contribution in [2.75, 3.05) is 19.6 Å². The van der Waals surface area contributed by atoms with Gasteiger partial charge in [0.2, 0.25) is 12.2 Å². The number of aromatic nitrogens is 2. The van der Waals surface area contributed by atoms with Gasteiger partial charge in [0.05, 0.1) is 6.04 Å². The largest absolute Gasteiger partial charge is 0.342 e. The summed E-state index contributed by atoms with van der Waals surface area (Å²) in [6.07, 6.45) is 2.31. The Bertz CT molecular complexity index is 895. The van der Waals surface area contributed by atoms with Gasteiger partial charge in [0, 0.05) is 30.8 Å². The van der Waals surface area contributed by atoms with Gasteiger partial charge in [0.25, 0.3) is 5.91 Å². The van der Waals surface area contributed by atoms with Gasteiger partial charge in [-0.05, 0) is 29.7 Å². The van der Waals surface area contributed by atoms with Crippen molar-refractivity contribution in [2.24, 2.45) is 0 Å². The molecular weight excluding hydrogens is 376 g/mol. The molecule has 1 unspecified atom stereocenters. The molecule has 1 fully saturated rings. The van der Waals surface area contributed by atoms with Crippen molar-refractivity contribution in [3.63, 3.8) is 0 Å². The van der Waals surface area contributed by atoms with Gasteiger partial charge in [-0.2, -0.15) is 4.98 Å². The van der Waals surface area contributed by atoms with Crippen molar-refractivity contribution >= 4 is 18.3 Å². The SMILES string of the molecule is CCc1ccc(C2CNCCN2C(=O)c2ccc(-c3ncon3)cc2)cc1.Cl. The molecule has 1 aliphatic heterocycles. The molecule has 2 heterocycles. The molecule has 1 aliphatic rings. The van der Waals surface area contributed by atoms with Crippen LogP contribution < -0.4 is 5.32 Å². The number of hydrogen-bond acceptors (Lipinski definition) is 5. The Morgan fingerprint density at radius 3 is 2.57 bits per heavy atom. The minimum absolute atomic E-state index is 0. The van der Waals surface area contributed by atoms with Gasteiger partial charge in [0.1, 0.15) is 0 Å². The minimum atomic E-state index is 0. The summed E-state index contributed by atoms with van der Waals surface area (Å²) in [5.74, 6) is 0.561. The van der Waals surface area contributed by atoms with Crippen LogP contribution in [0, 0.1) is 0 Å². The van der Waals surface area contributed by atoms with Crippen LogP contribution in [0.2, 0.25) is 0 Å². The van der Waals surface area contributed by atoms with E-state index in [1.54, 1.807) is 0 Å². The van der Waals surface area contributed by atoms with Crippen LogP contribution in [0.15, 0.2) is 59.4 Å². The summed E-state index contributed by atoms with van der Waals surface area (Å²) < 4.78 is 4.78. The number of piperazine rings is 1. The lowest BCUT2D eigenvalue weighted by molar-refractivity contribution is 0.0634. The predicted molar refractivity (Wildman–Crippen MR) is 109 cm³/mol. The third-order valence-electron chi connectivity index (χ3n) is 5.03. The molecule has 1 aromatic heterocycles. The lowest BCUT2D eigenvalue weighted by Crippen LogP contribution is -2.48. The topological polar surface area (TPSA) is 71.3 Å². The first kappa shape index (κ1) is 20.0. The van der Waals surface area contributed by atoms with Crippen molar-refractivity contribution in [2.45, 2.75) is 19.4 Å². The molecule has 2 aromatic carbocycles. The molecule has 3 aromatic rings. The Morgan fingerprint density at radius 2 is 1.93 bits per heavy atom. The van der Waals surface area contributed by atoms with Gasteiger partial charge in [-0.1, -0.05) is 48.5 Å². The van der Waals surface area contributed by atoms with Gasteiger partial charge < -0.3 is 14.7 Å². The predicted octanol–water partition coefficient (Wildman–Crippen LogP) is 3.51. The standard InChI is InChI=1S/C21H22N4O2.ClH/c1-2-15-3-5-16(6-4-15)19-13-22-11-12-25(19)21(26)18-9-7-17(8-10-18)20-23-14-27-24-20;/h3-10,14,19,22H,2,11-13H2,1H3;1H. The first-order valence-corrected chi connectivity index (χ1v) is 9.23. The highest BCUT2D eigenvalue weighted by Gasteiger charge is 2.28. The summed E-state index contributed by atoms with van der Waals surface area (Å²) in [4.78, 5) is 19.1. The maximum atomic E-state index is 13.2. The van der Waals surface area contributed by atoms with Crippen LogP contribution in [0.5, 0.6) is 0 Å². The summed E-state index contributed by atoms with van der Waals surface area (Å²) in [7, 11) is 0. The van der Waals surface area contributed by atoms with E-state index in [1.807, 2.05) is 29.2 Å². The lowest BCUT2D eigenvalue weighted by atomic mass is 9.99. The lowest BCUT2D eigenvalue weighted by Gasteiger charge is -2.36. The maximum absolute atomic E-state index is 13.2. The van der Waals surface area contributed by atoms with E-state index in [0.29, 0.717) is 17.9 Å². The van der Waals surface area contributed by atoms with Crippen LogP contribution in [-0.2, 0) is 6.42 Å². The fraction of sp³-hybridized carbons (Fsp3) is 0.286. The monoisotopic (exact) mass is 398 g/mol. The molecule has 1 atom stereocenters. The summed E-state index contributed by atoms with van der Waals surface area (Å²) in [5, 5.41) is 7.23. The van der Waals surface area contributed by atoms with Crippen LogP contribution in [0.4, 0.5) is 0 Å². The molecule has 1 N–H and O–H groups in total. The van der Waals surface area contributed by atoms with Crippen molar-refractivity contribution in [1.29, 1.82) is 0 Å². The Hall–Kier alpha value is -2.70. The van der Waals surface area contributed by atoms with Crippen LogP contribution in [0.25, 0.3) is 11.4 Å². The quantitative estimate of drug-likeness (QED) is 0.728. The highest BCUT2D eigenvalue weighted by Crippen LogP contribution is 2.25. The van der Waals surface area contributed by atoms with Crippen molar-refractivity contribution in [3.8, 4) is 11.4 Å². The number of aryl methyl sites for hydroxylation is 1. The molecule has 0 aliphatic carbocycles. The number of benzene rings is 2. The van der Waals surface area contributed by atoms with E-state index in [-0.39, 0.29) is 24.4 Å². The molecule has 6 nitrogen and oxygen atoms in total. The van der Waals surface area contributed by atoms with Crippen molar-refractivity contribution in [3.05, 3.63) is 71.6 Å². The Labute approximate surface area is 170 Å². The molecule has 4 rings (SSSR count). The number of nitrogens with zero attached hydrogens (tertiary/aromatic N) is 3. The number of carbonyl (C=O) groups is 1. The van der Waals surface area contributed by atoms with E-state index in [0.717, 1.165) is 30.6 Å². The summed E-state index contributed by atoms with van der Waals surface area (Å²) in [5.41, 5.74) is 3.96. The van der Waals surface area contributed by atoms with Gasteiger partial charge in [-0.15, -0.1) is 12.4 Å². The zero-order chi connectivity index (χ0) is 18.6. The molecule has 1 saturated heterocycles. The van der Waals surface area contributed by atoms with Gasteiger partial charge in [0.15, 0.2) is 0 Å². The second-order valence-corrected chi connectivity index (χ2v) is 6.65. The number of hydrogen-bond donors (Lipinski definition) is 1. The van der Waals surface area contributed by atoms with E-state index in [9.17, 15) is 4.79 Å². The maximum Gasteiger partial charge on any atom is 0.254 e. The highest BCUT2D eigenvalue weighted by atomic mass is 35.5. The summed E-state index contributed by atoms with van der Waals surface area (Å²) in [6, 6.07) is 16.0. The normalized spacial score (nSPS) is 16.5. The zero-order valence-electron chi connectivity index (χ0n) is 15.7. The average molecular weight is 399 g/mol. The fourth-order valence-corrected chi connectivity index (χ4v) is 3.45. The molecule has 0 radical (unpaired) electrons. The molecular formula is C21H23ClN4O2. The molecule has 1 amide bonds. The van der Waals surface area contributed by atoms with Gasteiger partial charge in [-0.3, -0.25) is 4.79 Å². The molecule has 0 spiro atoms. The second-order valence-electron chi connectivity index (χ2n) is 6.65. The average Bonchev–Trinajstić information content (AvgIpc) is 3.28. The summed E-state index contributed by atoms with van der Waals surface area (Å²) in [6.45, 7) is 4.39. The smallest absolute Gasteiger partial charge is 0.254 e. The number of amides is 1.